The molecule has 0 spiro atoms. The molecule has 28 heavy (non-hydrogen) atoms. The Bertz CT molecular complexity index is 799. The second-order valence-electron chi connectivity index (χ2n) is 9.08. The van der Waals surface area contributed by atoms with E-state index in [1.54, 1.807) is 6.20 Å². The van der Waals surface area contributed by atoms with Gasteiger partial charge in [0.1, 0.15) is 0 Å². The molecule has 0 atom stereocenters. The fraction of sp³-hybridized carbons (Fsp3) is 0.571. The number of aliphatic hydroxyl groups is 1. The Morgan fingerprint density at radius 1 is 1.14 bits per heavy atom. The van der Waals surface area contributed by atoms with E-state index in [-0.39, 0.29) is 11.2 Å². The number of rotatable bonds is 6. The maximum Gasteiger partial charge on any atom is 0.498 e. The van der Waals surface area contributed by atoms with Crippen molar-refractivity contribution in [1.82, 2.24) is 9.78 Å². The molecule has 0 radical (unpaired) electrons. The van der Waals surface area contributed by atoms with Crippen LogP contribution < -0.4 is 5.46 Å². The molecule has 1 N–H and O–H groups in total. The topological polar surface area (TPSA) is 65.7 Å². The Morgan fingerprint density at radius 3 is 2.43 bits per heavy atom. The van der Waals surface area contributed by atoms with E-state index >= 15 is 0 Å². The number of nitrogens with zero attached hydrogens (tertiary/aromatic N) is 2. The van der Waals surface area contributed by atoms with Gasteiger partial charge in [0.05, 0.1) is 17.8 Å². The largest absolute Gasteiger partial charge is 0.498 e. The van der Waals surface area contributed by atoms with E-state index in [9.17, 15) is 5.11 Å². The van der Waals surface area contributed by atoms with Gasteiger partial charge in [-0.3, -0.25) is 4.68 Å². The number of aromatic nitrogens is 2. The van der Waals surface area contributed by atoms with E-state index in [0.717, 1.165) is 17.6 Å². The van der Waals surface area contributed by atoms with E-state index in [0.29, 0.717) is 25.4 Å². The normalized spacial score (nSPS) is 28.3. The number of hydrogen-bond acceptors (Lipinski definition) is 5. The smallest absolute Gasteiger partial charge is 0.399 e. The molecule has 2 fully saturated rings. The van der Waals surface area contributed by atoms with Crippen LogP contribution in [-0.2, 0) is 27.2 Å². The quantitative estimate of drug-likeness (QED) is 0.613. The van der Waals surface area contributed by atoms with Crippen molar-refractivity contribution in [2.45, 2.75) is 70.7 Å². The van der Waals surface area contributed by atoms with E-state index in [2.05, 4.69) is 5.10 Å². The molecule has 0 unspecified atom stereocenters. The standard InChI is InChI=1S/C21H29BN2O4/c1-19(2)20(3,4)28-22(27-19)18-12-23-24(14-18)13-17-10-21(25,11-17)26-15-16-8-6-5-7-9-16/h5-9,12,14,17,25H,10-11,13,15H2,1-4H3. The fourth-order valence-corrected chi connectivity index (χ4v) is 3.73. The van der Waals surface area contributed by atoms with Gasteiger partial charge in [-0.1, -0.05) is 30.3 Å². The maximum absolute atomic E-state index is 10.5. The zero-order valence-electron chi connectivity index (χ0n) is 17.1. The fourth-order valence-electron chi connectivity index (χ4n) is 3.73. The third-order valence-electron chi connectivity index (χ3n) is 6.19. The summed E-state index contributed by atoms with van der Waals surface area (Å²) in [5.74, 6) is -0.686. The van der Waals surface area contributed by atoms with Gasteiger partial charge in [0.25, 0.3) is 0 Å². The molecule has 2 aliphatic rings. The lowest BCUT2D eigenvalue weighted by Crippen LogP contribution is -2.47. The second-order valence-corrected chi connectivity index (χ2v) is 9.08. The molecule has 4 rings (SSSR count). The Hall–Kier alpha value is -1.67. The summed E-state index contributed by atoms with van der Waals surface area (Å²) in [6.45, 7) is 9.35. The molecule has 0 amide bonds. The summed E-state index contributed by atoms with van der Waals surface area (Å²) in [6, 6.07) is 9.92. The number of hydrogen-bond donors (Lipinski definition) is 1. The highest BCUT2D eigenvalue weighted by Gasteiger charge is 2.52. The van der Waals surface area contributed by atoms with Crippen molar-refractivity contribution in [3.63, 3.8) is 0 Å². The molecule has 150 valence electrons. The molecular weight excluding hydrogens is 355 g/mol. The van der Waals surface area contributed by atoms with Gasteiger partial charge in [-0.05, 0) is 39.2 Å². The first-order chi connectivity index (χ1) is 13.2. The van der Waals surface area contributed by atoms with E-state index in [1.807, 2.05) is 68.9 Å². The van der Waals surface area contributed by atoms with Crippen LogP contribution in [-0.4, -0.2) is 39.0 Å². The molecule has 1 aliphatic carbocycles. The Labute approximate surface area is 166 Å². The molecule has 2 heterocycles. The molecule has 2 aromatic rings. The second kappa shape index (κ2) is 6.99. The summed E-state index contributed by atoms with van der Waals surface area (Å²) < 4.78 is 19.8. The van der Waals surface area contributed by atoms with Gasteiger partial charge in [-0.25, -0.2) is 0 Å². The highest BCUT2D eigenvalue weighted by molar-refractivity contribution is 6.61. The monoisotopic (exact) mass is 384 g/mol. The van der Waals surface area contributed by atoms with Gasteiger partial charge >= 0.3 is 7.12 Å². The lowest BCUT2D eigenvalue weighted by atomic mass is 9.78. The molecular formula is C21H29BN2O4. The number of ether oxygens (including phenoxy) is 1. The first kappa shape index (κ1) is 19.6. The minimum atomic E-state index is -1.03. The van der Waals surface area contributed by atoms with Crippen LogP contribution in [0.3, 0.4) is 0 Å². The SMILES string of the molecule is CC1(C)OB(c2cnn(CC3CC(O)(OCc4ccccc4)C3)c2)OC1(C)C. The minimum Gasteiger partial charge on any atom is -0.399 e. The van der Waals surface area contributed by atoms with E-state index < -0.39 is 12.9 Å². The van der Waals surface area contributed by atoms with Crippen LogP contribution >= 0.6 is 0 Å². The Kier molecular flexibility index (Phi) is 4.90. The average molecular weight is 384 g/mol. The average Bonchev–Trinajstić information content (AvgIpc) is 3.15. The van der Waals surface area contributed by atoms with Gasteiger partial charge in [-0.2, -0.15) is 5.10 Å². The molecule has 7 heteroatoms. The first-order valence-electron chi connectivity index (χ1n) is 9.94. The van der Waals surface area contributed by atoms with Crippen LogP contribution in [0.15, 0.2) is 42.7 Å². The Morgan fingerprint density at radius 2 is 1.79 bits per heavy atom. The van der Waals surface area contributed by atoms with Crippen LogP contribution in [0, 0.1) is 5.92 Å². The van der Waals surface area contributed by atoms with Gasteiger partial charge in [0.2, 0.25) is 0 Å². The van der Waals surface area contributed by atoms with Crippen molar-refractivity contribution in [3.8, 4) is 0 Å². The van der Waals surface area contributed by atoms with Crippen molar-refractivity contribution in [2.75, 3.05) is 0 Å². The zero-order valence-corrected chi connectivity index (χ0v) is 17.1. The van der Waals surface area contributed by atoms with E-state index in [4.69, 9.17) is 14.0 Å². The first-order valence-corrected chi connectivity index (χ1v) is 9.94. The van der Waals surface area contributed by atoms with Crippen LogP contribution in [0.5, 0.6) is 0 Å². The third-order valence-corrected chi connectivity index (χ3v) is 6.19. The molecule has 1 aromatic carbocycles. The van der Waals surface area contributed by atoms with Gasteiger partial charge in [-0.15, -0.1) is 0 Å². The van der Waals surface area contributed by atoms with Crippen LogP contribution in [0.25, 0.3) is 0 Å². The van der Waals surface area contributed by atoms with Gasteiger partial charge < -0.3 is 19.2 Å². The molecule has 6 nitrogen and oxygen atoms in total. The molecule has 0 bridgehead atoms. The molecule has 1 saturated heterocycles. The molecule has 1 aromatic heterocycles. The number of benzene rings is 1. The van der Waals surface area contributed by atoms with Crippen LogP contribution in [0.2, 0.25) is 0 Å². The summed E-state index contributed by atoms with van der Waals surface area (Å²) in [7, 11) is -0.397. The van der Waals surface area contributed by atoms with Crippen molar-refractivity contribution >= 4 is 12.6 Å². The van der Waals surface area contributed by atoms with Crippen molar-refractivity contribution in [2.24, 2.45) is 5.92 Å². The van der Waals surface area contributed by atoms with Crippen molar-refractivity contribution in [1.29, 1.82) is 0 Å². The highest BCUT2D eigenvalue weighted by Crippen LogP contribution is 2.40. The zero-order chi connectivity index (χ0) is 20.0. The molecule has 1 saturated carbocycles. The molecule has 1 aliphatic heterocycles. The minimum absolute atomic E-state index is 0.340. The summed E-state index contributed by atoms with van der Waals surface area (Å²) in [4.78, 5) is 0. The van der Waals surface area contributed by atoms with Crippen molar-refractivity contribution < 1.29 is 19.2 Å². The predicted molar refractivity (Wildman–Crippen MR) is 107 cm³/mol. The summed E-state index contributed by atoms with van der Waals surface area (Å²) in [5.41, 5.74) is 1.27. The summed E-state index contributed by atoms with van der Waals surface area (Å²) in [5, 5.41) is 15.0. The Balaban J connectivity index is 1.28. The lowest BCUT2D eigenvalue weighted by molar-refractivity contribution is -0.275. The summed E-state index contributed by atoms with van der Waals surface area (Å²) >= 11 is 0. The predicted octanol–water partition coefficient (Wildman–Crippen LogP) is 2.50. The third kappa shape index (κ3) is 3.89. The van der Waals surface area contributed by atoms with Crippen LogP contribution in [0.1, 0.15) is 46.1 Å². The van der Waals surface area contributed by atoms with E-state index in [1.165, 1.54) is 0 Å². The van der Waals surface area contributed by atoms with Gasteiger partial charge in [0, 0.05) is 37.2 Å². The lowest BCUT2D eigenvalue weighted by Gasteiger charge is -2.43. The van der Waals surface area contributed by atoms with Crippen molar-refractivity contribution in [3.05, 3.63) is 48.3 Å². The van der Waals surface area contributed by atoms with Crippen LogP contribution in [0.4, 0.5) is 0 Å². The summed E-state index contributed by atoms with van der Waals surface area (Å²) in [6.07, 6.45) is 5.01. The van der Waals surface area contributed by atoms with Gasteiger partial charge in [0.15, 0.2) is 5.79 Å². The maximum atomic E-state index is 10.5. The highest BCUT2D eigenvalue weighted by atomic mass is 16.7.